The minimum absolute atomic E-state index is 0.00219. The normalized spacial score (nSPS) is 37.0. The third kappa shape index (κ3) is 4.56. The van der Waals surface area contributed by atoms with Gasteiger partial charge in [-0.05, 0) is 25.8 Å². The van der Waals surface area contributed by atoms with Gasteiger partial charge in [0.15, 0.2) is 0 Å². The van der Waals surface area contributed by atoms with Crippen molar-refractivity contribution in [3.63, 3.8) is 0 Å². The molecule has 3 aliphatic rings. The number of carbonyl (C=O) groups is 2. The van der Waals surface area contributed by atoms with Gasteiger partial charge in [0, 0.05) is 50.1 Å². The van der Waals surface area contributed by atoms with Gasteiger partial charge in [-0.1, -0.05) is 13.8 Å². The Morgan fingerprint density at radius 1 is 0.962 bits per heavy atom. The molecule has 3 saturated heterocycles. The van der Waals surface area contributed by atoms with Crippen LogP contribution in [0.3, 0.4) is 0 Å². The van der Waals surface area contributed by atoms with Crippen LogP contribution in [0.1, 0.15) is 39.5 Å². The number of ether oxygens (including phenoxy) is 2. The Bertz CT molecular complexity index is 519. The van der Waals surface area contributed by atoms with Crippen molar-refractivity contribution >= 4 is 11.8 Å². The van der Waals surface area contributed by atoms with Gasteiger partial charge in [-0.15, -0.1) is 0 Å². The van der Waals surface area contributed by atoms with E-state index in [-0.39, 0.29) is 29.1 Å². The summed E-state index contributed by atoms with van der Waals surface area (Å²) in [5.41, 5.74) is -0.634. The van der Waals surface area contributed by atoms with Crippen molar-refractivity contribution < 1.29 is 19.1 Å². The topological polar surface area (TPSA) is 88.7 Å². The van der Waals surface area contributed by atoms with Crippen molar-refractivity contribution in [2.75, 3.05) is 52.6 Å². The van der Waals surface area contributed by atoms with E-state index < -0.39 is 5.41 Å². The Hall–Kier alpha value is -1.18. The maximum absolute atomic E-state index is 12.9. The van der Waals surface area contributed by atoms with Gasteiger partial charge >= 0.3 is 0 Å². The van der Waals surface area contributed by atoms with Crippen LogP contribution in [-0.4, -0.2) is 64.4 Å². The highest BCUT2D eigenvalue weighted by atomic mass is 16.5. The molecule has 2 amide bonds. The Morgan fingerprint density at radius 3 is 2.08 bits per heavy atom. The molecule has 26 heavy (non-hydrogen) atoms. The fourth-order valence-electron chi connectivity index (χ4n) is 4.03. The maximum Gasteiger partial charge on any atom is 0.228 e. The van der Waals surface area contributed by atoms with E-state index in [9.17, 15) is 9.59 Å². The van der Waals surface area contributed by atoms with Crippen LogP contribution in [0, 0.1) is 16.2 Å². The second-order valence-corrected chi connectivity index (χ2v) is 9.07. The number of nitrogens with one attached hydrogen (secondary N) is 3. The number of carbonyl (C=O) groups excluding carboxylic acids is 2. The zero-order valence-corrected chi connectivity index (χ0v) is 16.1. The molecule has 3 rings (SSSR count). The van der Waals surface area contributed by atoms with Gasteiger partial charge in [0.2, 0.25) is 11.8 Å². The van der Waals surface area contributed by atoms with Gasteiger partial charge in [-0.2, -0.15) is 0 Å². The molecule has 0 bridgehead atoms. The molecule has 0 saturated carbocycles. The van der Waals surface area contributed by atoms with E-state index in [0.717, 1.165) is 32.6 Å². The number of rotatable bonds is 7. The predicted octanol–water partition coefficient (Wildman–Crippen LogP) is 0.442. The van der Waals surface area contributed by atoms with Crippen molar-refractivity contribution in [3.8, 4) is 0 Å². The Labute approximate surface area is 155 Å². The fourth-order valence-corrected chi connectivity index (χ4v) is 4.03. The van der Waals surface area contributed by atoms with E-state index in [0.29, 0.717) is 39.3 Å². The molecule has 0 aromatic carbocycles. The SMILES string of the molecule is CC1(CNC(=O)CC2(C(=O)NCC3(C)CCOC3)CCNC2)CCOC1. The van der Waals surface area contributed by atoms with Crippen LogP contribution in [0.15, 0.2) is 0 Å². The first-order valence-corrected chi connectivity index (χ1v) is 9.76. The summed E-state index contributed by atoms with van der Waals surface area (Å²) >= 11 is 0. The Balaban J connectivity index is 1.53. The first-order chi connectivity index (χ1) is 12.4. The zero-order chi connectivity index (χ0) is 18.7. The highest BCUT2D eigenvalue weighted by Crippen LogP contribution is 2.32. The molecule has 3 aliphatic heterocycles. The van der Waals surface area contributed by atoms with Gasteiger partial charge in [-0.3, -0.25) is 9.59 Å². The summed E-state index contributed by atoms with van der Waals surface area (Å²) < 4.78 is 10.9. The van der Waals surface area contributed by atoms with E-state index in [2.05, 4.69) is 29.8 Å². The van der Waals surface area contributed by atoms with Crippen LogP contribution in [-0.2, 0) is 19.1 Å². The average Bonchev–Trinajstić information content (AvgIpc) is 3.34. The monoisotopic (exact) mass is 367 g/mol. The van der Waals surface area contributed by atoms with Crippen molar-refractivity contribution in [1.82, 2.24) is 16.0 Å². The summed E-state index contributed by atoms with van der Waals surface area (Å²) in [6.07, 6.45) is 2.84. The van der Waals surface area contributed by atoms with Crippen molar-refractivity contribution in [2.45, 2.75) is 39.5 Å². The summed E-state index contributed by atoms with van der Waals surface area (Å²) in [4.78, 5) is 25.5. The summed E-state index contributed by atoms with van der Waals surface area (Å²) in [6, 6.07) is 0. The zero-order valence-electron chi connectivity index (χ0n) is 16.1. The van der Waals surface area contributed by atoms with E-state index in [1.54, 1.807) is 0 Å². The lowest BCUT2D eigenvalue weighted by Crippen LogP contribution is -2.49. The van der Waals surface area contributed by atoms with Gasteiger partial charge in [0.1, 0.15) is 0 Å². The minimum atomic E-state index is -0.646. The molecule has 0 aromatic heterocycles. The summed E-state index contributed by atoms with van der Waals surface area (Å²) in [6.45, 7) is 9.67. The molecule has 0 aliphatic carbocycles. The third-order valence-corrected chi connectivity index (χ3v) is 6.21. The maximum atomic E-state index is 12.9. The summed E-state index contributed by atoms with van der Waals surface area (Å²) in [7, 11) is 0. The van der Waals surface area contributed by atoms with Gasteiger partial charge in [-0.25, -0.2) is 0 Å². The largest absolute Gasteiger partial charge is 0.381 e. The van der Waals surface area contributed by atoms with Crippen LogP contribution in [0.2, 0.25) is 0 Å². The van der Waals surface area contributed by atoms with Crippen LogP contribution >= 0.6 is 0 Å². The minimum Gasteiger partial charge on any atom is -0.381 e. The smallest absolute Gasteiger partial charge is 0.228 e. The van der Waals surface area contributed by atoms with E-state index in [1.807, 2.05) is 0 Å². The summed E-state index contributed by atoms with van der Waals surface area (Å²) in [5, 5.41) is 9.38. The molecular formula is C19H33N3O4. The lowest BCUT2D eigenvalue weighted by Gasteiger charge is -2.30. The van der Waals surface area contributed by atoms with Gasteiger partial charge in [0.25, 0.3) is 0 Å². The highest BCUT2D eigenvalue weighted by molar-refractivity contribution is 5.89. The molecule has 3 N–H and O–H groups in total. The Kier molecular flexibility index (Phi) is 5.89. The number of hydrogen-bond acceptors (Lipinski definition) is 5. The molecule has 3 unspecified atom stereocenters. The first-order valence-electron chi connectivity index (χ1n) is 9.76. The second-order valence-electron chi connectivity index (χ2n) is 9.07. The Morgan fingerprint density at radius 2 is 1.58 bits per heavy atom. The van der Waals surface area contributed by atoms with Gasteiger partial charge < -0.3 is 25.4 Å². The molecule has 3 fully saturated rings. The standard InChI is InChI=1S/C19H33N3O4/c1-17(4-7-25-13-17)10-21-15(23)9-19(3-6-20-12-19)16(24)22-11-18(2)5-8-26-14-18/h20H,3-14H2,1-2H3,(H,21,23)(H,22,24). The predicted molar refractivity (Wildman–Crippen MR) is 97.6 cm³/mol. The molecule has 0 radical (unpaired) electrons. The molecule has 0 spiro atoms. The lowest BCUT2D eigenvalue weighted by molar-refractivity contribution is -0.136. The van der Waals surface area contributed by atoms with Crippen molar-refractivity contribution in [1.29, 1.82) is 0 Å². The second kappa shape index (κ2) is 7.82. The van der Waals surface area contributed by atoms with Gasteiger partial charge in [0.05, 0.1) is 18.6 Å². The molecule has 3 heterocycles. The third-order valence-electron chi connectivity index (χ3n) is 6.21. The molecule has 148 valence electrons. The van der Waals surface area contributed by atoms with Crippen LogP contribution in [0.5, 0.6) is 0 Å². The molecule has 3 atom stereocenters. The molecule has 7 heteroatoms. The fraction of sp³-hybridized carbons (Fsp3) is 0.895. The summed E-state index contributed by atoms with van der Waals surface area (Å²) in [5.74, 6) is -0.0615. The molecular weight excluding hydrogens is 334 g/mol. The molecule has 0 aromatic rings. The quantitative estimate of drug-likeness (QED) is 0.608. The highest BCUT2D eigenvalue weighted by Gasteiger charge is 2.44. The van der Waals surface area contributed by atoms with E-state index in [4.69, 9.17) is 9.47 Å². The average molecular weight is 367 g/mol. The van der Waals surface area contributed by atoms with Crippen molar-refractivity contribution in [2.24, 2.45) is 16.2 Å². The number of hydrogen-bond donors (Lipinski definition) is 3. The first kappa shape index (κ1) is 19.6. The molecule has 7 nitrogen and oxygen atoms in total. The lowest BCUT2D eigenvalue weighted by atomic mass is 9.81. The van der Waals surface area contributed by atoms with Crippen molar-refractivity contribution in [3.05, 3.63) is 0 Å². The van der Waals surface area contributed by atoms with Crippen LogP contribution < -0.4 is 16.0 Å². The van der Waals surface area contributed by atoms with Crippen LogP contribution in [0.4, 0.5) is 0 Å². The number of amides is 2. The van der Waals surface area contributed by atoms with Crippen LogP contribution in [0.25, 0.3) is 0 Å². The van der Waals surface area contributed by atoms with E-state index in [1.165, 1.54) is 0 Å². The van der Waals surface area contributed by atoms with E-state index >= 15 is 0 Å².